The molecule has 1 aliphatic heterocycles. The number of amides is 2. The highest BCUT2D eigenvalue weighted by molar-refractivity contribution is 6.43. The van der Waals surface area contributed by atoms with Crippen molar-refractivity contribution in [3.8, 4) is 5.75 Å². The lowest BCUT2D eigenvalue weighted by atomic mass is 9.91. The number of rotatable bonds is 4. The zero-order valence-electron chi connectivity index (χ0n) is 16.7. The third-order valence-electron chi connectivity index (χ3n) is 4.98. The first-order valence-electron chi connectivity index (χ1n) is 9.58. The molecular formula is C24H22N2O3. The monoisotopic (exact) mass is 386 g/mol. The van der Waals surface area contributed by atoms with Crippen molar-refractivity contribution in [3.63, 3.8) is 0 Å². The summed E-state index contributed by atoms with van der Waals surface area (Å²) in [7, 11) is 0. The predicted octanol–water partition coefficient (Wildman–Crippen LogP) is 4.76. The predicted molar refractivity (Wildman–Crippen MR) is 114 cm³/mol. The Morgan fingerprint density at radius 3 is 2.28 bits per heavy atom. The van der Waals surface area contributed by atoms with E-state index in [1.165, 1.54) is 4.90 Å². The molecule has 5 nitrogen and oxygen atoms in total. The molecule has 0 aliphatic carbocycles. The van der Waals surface area contributed by atoms with Crippen LogP contribution in [0.15, 0.2) is 54.6 Å². The van der Waals surface area contributed by atoms with Crippen molar-refractivity contribution in [1.29, 1.82) is 0 Å². The van der Waals surface area contributed by atoms with E-state index in [2.05, 4.69) is 4.98 Å². The van der Waals surface area contributed by atoms with E-state index in [-0.39, 0.29) is 11.8 Å². The Hall–Kier alpha value is -3.60. The fraction of sp³-hybridized carbons (Fsp3) is 0.167. The van der Waals surface area contributed by atoms with Crippen molar-refractivity contribution in [3.05, 3.63) is 82.7 Å². The summed E-state index contributed by atoms with van der Waals surface area (Å²) >= 11 is 0. The number of hydrogen-bond donors (Lipinski definition) is 1. The molecule has 2 amide bonds. The number of anilines is 1. The number of carbonyl (C=O) groups excluding carboxylic acids is 2. The zero-order valence-corrected chi connectivity index (χ0v) is 16.7. The van der Waals surface area contributed by atoms with Gasteiger partial charge in [-0.1, -0.05) is 18.2 Å². The lowest BCUT2D eigenvalue weighted by Crippen LogP contribution is -2.41. The number of nitrogens with zero attached hydrogens (tertiary/aromatic N) is 1. The smallest absolute Gasteiger partial charge is 0.265 e. The second kappa shape index (κ2) is 7.43. The number of nitrogens with one attached hydrogen (secondary N) is 1. The summed E-state index contributed by atoms with van der Waals surface area (Å²) in [6, 6.07) is 16.2. The minimum absolute atomic E-state index is 0.325. The van der Waals surface area contributed by atoms with E-state index in [0.29, 0.717) is 34.7 Å². The van der Waals surface area contributed by atoms with Gasteiger partial charge in [0, 0.05) is 22.5 Å². The topological polar surface area (TPSA) is 62.4 Å². The Morgan fingerprint density at radius 1 is 0.966 bits per heavy atom. The lowest BCUT2D eigenvalue weighted by molar-refractivity contribution is -0.112. The number of aromatic amines is 1. The standard InChI is InChI=1S/C24H22N2O3/c1-4-29-19-11-9-18(10-12-19)26-23(27)21-8-6-5-7-20(21)22(24(26)28)14-17-13-15(2)25-16(17)3/h5-14,25H,4H2,1-3H3/b22-14+. The molecule has 0 unspecified atom stereocenters. The van der Waals surface area contributed by atoms with Gasteiger partial charge in [0.1, 0.15) is 5.75 Å². The SMILES string of the molecule is CCOc1ccc(N2C(=O)/C(=C/c3cc(C)[nH]c3C)c3ccccc3C2=O)cc1. The van der Waals surface area contributed by atoms with Crippen LogP contribution >= 0.6 is 0 Å². The van der Waals surface area contributed by atoms with Gasteiger partial charge in [0.2, 0.25) is 0 Å². The number of benzene rings is 2. The van der Waals surface area contributed by atoms with Gasteiger partial charge < -0.3 is 9.72 Å². The van der Waals surface area contributed by atoms with E-state index < -0.39 is 0 Å². The molecule has 146 valence electrons. The minimum atomic E-state index is -0.337. The van der Waals surface area contributed by atoms with Crippen LogP contribution in [0.3, 0.4) is 0 Å². The van der Waals surface area contributed by atoms with Crippen LogP contribution in [0.4, 0.5) is 5.69 Å². The highest BCUT2D eigenvalue weighted by Gasteiger charge is 2.35. The van der Waals surface area contributed by atoms with Crippen molar-refractivity contribution in [1.82, 2.24) is 4.98 Å². The highest BCUT2D eigenvalue weighted by atomic mass is 16.5. The van der Waals surface area contributed by atoms with Gasteiger partial charge in [-0.2, -0.15) is 0 Å². The van der Waals surface area contributed by atoms with Crippen LogP contribution in [0, 0.1) is 13.8 Å². The van der Waals surface area contributed by atoms with Gasteiger partial charge in [-0.05, 0) is 74.4 Å². The Kier molecular flexibility index (Phi) is 4.80. The molecule has 0 atom stereocenters. The Labute approximate surface area is 169 Å². The van der Waals surface area contributed by atoms with Gasteiger partial charge in [0.05, 0.1) is 12.3 Å². The second-order valence-electron chi connectivity index (χ2n) is 7.01. The highest BCUT2D eigenvalue weighted by Crippen LogP contribution is 2.34. The molecule has 1 aromatic heterocycles. The number of fused-ring (bicyclic) bond motifs is 1. The molecule has 4 rings (SSSR count). The molecule has 0 fully saturated rings. The zero-order chi connectivity index (χ0) is 20.5. The van der Waals surface area contributed by atoms with Crippen molar-refractivity contribution in [2.24, 2.45) is 0 Å². The van der Waals surface area contributed by atoms with Gasteiger partial charge in [0.25, 0.3) is 11.8 Å². The molecule has 0 bridgehead atoms. The van der Waals surface area contributed by atoms with Crippen molar-refractivity contribution >= 4 is 29.2 Å². The quantitative estimate of drug-likeness (QED) is 0.519. The number of carbonyl (C=O) groups is 2. The van der Waals surface area contributed by atoms with E-state index in [1.807, 2.05) is 51.1 Å². The summed E-state index contributed by atoms with van der Waals surface area (Å²) in [5, 5.41) is 0. The number of ether oxygens (including phenoxy) is 1. The molecular weight excluding hydrogens is 364 g/mol. The van der Waals surface area contributed by atoms with Gasteiger partial charge in [-0.15, -0.1) is 0 Å². The fourth-order valence-corrected chi connectivity index (χ4v) is 3.64. The van der Waals surface area contributed by atoms with E-state index in [4.69, 9.17) is 4.74 Å². The van der Waals surface area contributed by atoms with Crippen LogP contribution in [-0.2, 0) is 4.79 Å². The third kappa shape index (κ3) is 3.36. The molecule has 1 N–H and O–H groups in total. The maximum atomic E-state index is 13.4. The average molecular weight is 386 g/mol. The summed E-state index contributed by atoms with van der Waals surface area (Å²) in [4.78, 5) is 31.1. The largest absolute Gasteiger partial charge is 0.494 e. The Balaban J connectivity index is 1.84. The first kappa shape index (κ1) is 18.7. The first-order valence-corrected chi connectivity index (χ1v) is 9.58. The van der Waals surface area contributed by atoms with Crippen LogP contribution in [0.1, 0.15) is 39.8 Å². The van der Waals surface area contributed by atoms with E-state index >= 15 is 0 Å². The minimum Gasteiger partial charge on any atom is -0.494 e. The van der Waals surface area contributed by atoms with Gasteiger partial charge >= 0.3 is 0 Å². The molecule has 29 heavy (non-hydrogen) atoms. The molecule has 0 radical (unpaired) electrons. The van der Waals surface area contributed by atoms with Gasteiger partial charge in [-0.3, -0.25) is 9.59 Å². The summed E-state index contributed by atoms with van der Waals surface area (Å²) in [6.45, 7) is 6.40. The van der Waals surface area contributed by atoms with E-state index in [0.717, 1.165) is 17.0 Å². The lowest BCUT2D eigenvalue weighted by Gasteiger charge is -2.28. The molecule has 0 saturated heterocycles. The normalized spacial score (nSPS) is 15.0. The number of aromatic nitrogens is 1. The number of imide groups is 1. The van der Waals surface area contributed by atoms with Crippen LogP contribution in [0.2, 0.25) is 0 Å². The summed E-state index contributed by atoms with van der Waals surface area (Å²) in [6.07, 6.45) is 1.86. The van der Waals surface area contributed by atoms with Crippen molar-refractivity contribution < 1.29 is 14.3 Å². The summed E-state index contributed by atoms with van der Waals surface area (Å²) in [5.41, 5.74) is 5.11. The number of aryl methyl sites for hydroxylation is 2. The molecule has 3 aromatic rings. The first-order chi connectivity index (χ1) is 14.0. The van der Waals surface area contributed by atoms with Crippen LogP contribution in [0.25, 0.3) is 11.6 Å². The van der Waals surface area contributed by atoms with Crippen molar-refractivity contribution in [2.75, 3.05) is 11.5 Å². The van der Waals surface area contributed by atoms with Crippen LogP contribution in [0.5, 0.6) is 5.75 Å². The van der Waals surface area contributed by atoms with Crippen LogP contribution < -0.4 is 9.64 Å². The Bertz CT molecular complexity index is 1120. The summed E-state index contributed by atoms with van der Waals surface area (Å²) < 4.78 is 5.47. The van der Waals surface area contributed by atoms with Gasteiger partial charge in [0.15, 0.2) is 0 Å². The summed E-state index contributed by atoms with van der Waals surface area (Å²) in [5.74, 6) is 0.0349. The average Bonchev–Trinajstić information content (AvgIpc) is 3.03. The molecule has 2 aromatic carbocycles. The molecule has 0 saturated carbocycles. The van der Waals surface area contributed by atoms with Crippen molar-refractivity contribution in [2.45, 2.75) is 20.8 Å². The van der Waals surface area contributed by atoms with Crippen LogP contribution in [-0.4, -0.2) is 23.4 Å². The second-order valence-corrected chi connectivity index (χ2v) is 7.01. The van der Waals surface area contributed by atoms with E-state index in [9.17, 15) is 9.59 Å². The number of hydrogen-bond acceptors (Lipinski definition) is 3. The Morgan fingerprint density at radius 2 is 1.66 bits per heavy atom. The third-order valence-corrected chi connectivity index (χ3v) is 4.98. The maximum Gasteiger partial charge on any atom is 0.265 e. The van der Waals surface area contributed by atoms with E-state index in [1.54, 1.807) is 30.3 Å². The maximum absolute atomic E-state index is 13.4. The molecule has 5 heteroatoms. The molecule has 1 aliphatic rings. The molecule has 0 spiro atoms. The van der Waals surface area contributed by atoms with Gasteiger partial charge in [-0.25, -0.2) is 4.90 Å². The fourth-order valence-electron chi connectivity index (χ4n) is 3.64. The molecule has 2 heterocycles. The number of H-pyrrole nitrogens is 1.